The highest BCUT2D eigenvalue weighted by molar-refractivity contribution is 6.31. The van der Waals surface area contributed by atoms with Crippen LogP contribution in [0.5, 0.6) is 11.5 Å². The van der Waals surface area contributed by atoms with Crippen LogP contribution < -0.4 is 38.7 Å². The fourth-order valence-corrected chi connectivity index (χ4v) is 7.90. The second kappa shape index (κ2) is 26.5. The lowest BCUT2D eigenvalue weighted by molar-refractivity contribution is -0.933. The summed E-state index contributed by atoms with van der Waals surface area (Å²) in [5, 5.41) is 3.10. The molecule has 65 heavy (non-hydrogen) atoms. The summed E-state index contributed by atoms with van der Waals surface area (Å²) in [5.41, 5.74) is 16.1. The molecule has 0 radical (unpaired) electrons. The summed E-state index contributed by atoms with van der Waals surface area (Å²) in [7, 11) is 3.52. The summed E-state index contributed by atoms with van der Waals surface area (Å²) in [6, 6.07) is 23.3. The van der Waals surface area contributed by atoms with Gasteiger partial charge in [0.2, 0.25) is 0 Å². The zero-order valence-corrected chi connectivity index (χ0v) is 39.8. The molecule has 1 atom stereocenters. The van der Waals surface area contributed by atoms with E-state index >= 15 is 0 Å². The number of likely N-dealkylation sites (N-methyl/N-ethyl adjacent to an activating group) is 2. The number of quaternary nitrogens is 1. The van der Waals surface area contributed by atoms with Gasteiger partial charge in [0.15, 0.2) is 35.7 Å². The molecule has 4 heterocycles. The van der Waals surface area contributed by atoms with E-state index in [1.165, 1.54) is 11.1 Å². The number of ether oxygens (including phenoxy) is 2. The number of halogens is 4. The van der Waals surface area contributed by atoms with Crippen molar-refractivity contribution in [1.82, 2.24) is 35.1 Å². The molecule has 19 heteroatoms. The molecule has 6 rings (SSSR count). The Hall–Kier alpha value is -5.45. The van der Waals surface area contributed by atoms with Crippen LogP contribution in [-0.4, -0.2) is 111 Å². The van der Waals surface area contributed by atoms with Crippen LogP contribution in [-0.2, 0) is 35.5 Å². The van der Waals surface area contributed by atoms with Crippen LogP contribution in [0, 0.1) is 0 Å². The van der Waals surface area contributed by atoms with Crippen LogP contribution in [0.3, 0.4) is 0 Å². The number of hydrogen-bond acceptors (Lipinski definition) is 11. The van der Waals surface area contributed by atoms with Gasteiger partial charge in [-0.3, -0.25) is 24.4 Å². The first-order valence-electron chi connectivity index (χ1n) is 20.9. The van der Waals surface area contributed by atoms with Crippen molar-refractivity contribution in [3.8, 4) is 11.5 Å². The minimum Gasteiger partial charge on any atom is -1.00 e. The van der Waals surface area contributed by atoms with Crippen LogP contribution in [0.1, 0.15) is 58.4 Å². The lowest BCUT2D eigenvalue weighted by Crippen LogP contribution is -3.00. The quantitative estimate of drug-likeness (QED) is 0.0973. The number of rotatable bonds is 20. The molecule has 0 unspecified atom stereocenters. The largest absolute Gasteiger partial charge is 1.00 e. The van der Waals surface area contributed by atoms with E-state index in [4.69, 9.17) is 32.5 Å². The van der Waals surface area contributed by atoms with Gasteiger partial charge in [-0.05, 0) is 96.5 Å². The van der Waals surface area contributed by atoms with Gasteiger partial charge in [0.1, 0.15) is 11.5 Å². The van der Waals surface area contributed by atoms with Gasteiger partial charge in [-0.25, -0.2) is 9.97 Å². The van der Waals surface area contributed by atoms with Gasteiger partial charge in [-0.15, -0.1) is 24.8 Å². The maximum absolute atomic E-state index is 13.4. The van der Waals surface area contributed by atoms with E-state index in [-0.39, 0.29) is 90.8 Å². The molecule has 15 nitrogen and oxygen atoms in total. The third kappa shape index (κ3) is 16.5. The number of nitrogen functional groups attached to an aromatic ring is 2. The second-order valence-corrected chi connectivity index (χ2v) is 16.3. The van der Waals surface area contributed by atoms with E-state index in [2.05, 4.69) is 49.5 Å². The Morgan fingerprint density at radius 1 is 0.708 bits per heavy atom. The number of aryl methyl sites for hydroxylation is 2. The number of nitrogens with one attached hydrogen (secondary N) is 1. The molecule has 3 amide bonds. The third-order valence-electron chi connectivity index (χ3n) is 11.2. The summed E-state index contributed by atoms with van der Waals surface area (Å²) >= 11 is 6.09. The fraction of sp³-hybridized carbons (Fsp3) is 0.370. The van der Waals surface area contributed by atoms with E-state index in [1.807, 2.05) is 48.5 Å². The fourth-order valence-electron chi connectivity index (χ4n) is 7.77. The molecule has 5 N–H and O–H groups in total. The molecule has 0 bridgehead atoms. The van der Waals surface area contributed by atoms with Gasteiger partial charge in [-0.2, -0.15) is 0 Å². The topological polar surface area (TPSA) is 192 Å². The van der Waals surface area contributed by atoms with Crippen LogP contribution in [0.25, 0.3) is 0 Å². The van der Waals surface area contributed by atoms with Crippen molar-refractivity contribution in [1.29, 1.82) is 0 Å². The molecule has 2 aromatic carbocycles. The molecule has 1 fully saturated rings. The Labute approximate surface area is 404 Å². The van der Waals surface area contributed by atoms with Crippen LogP contribution >= 0.6 is 36.4 Å². The molecule has 1 saturated heterocycles. The van der Waals surface area contributed by atoms with Gasteiger partial charge in [0.25, 0.3) is 17.7 Å². The molecule has 0 aliphatic carbocycles. The van der Waals surface area contributed by atoms with Gasteiger partial charge in [0.05, 0.1) is 32.2 Å². The molecular weight excluding hydrogens is 914 g/mol. The molecule has 5 aromatic rings. The molecule has 1 aliphatic heterocycles. The highest BCUT2D eigenvalue weighted by Crippen LogP contribution is 2.25. The zero-order chi connectivity index (χ0) is 43.9. The number of hydrogen-bond donors (Lipinski definition) is 3. The molecular formula is C46H58Cl4N10O5. The van der Waals surface area contributed by atoms with E-state index in [0.717, 1.165) is 80.3 Å². The summed E-state index contributed by atoms with van der Waals surface area (Å²) < 4.78 is 12.5. The second-order valence-electron chi connectivity index (χ2n) is 15.9. The normalized spacial score (nSPS) is 13.7. The first kappa shape index (κ1) is 53.9. The van der Waals surface area contributed by atoms with Crippen molar-refractivity contribution in [2.24, 2.45) is 0 Å². The first-order valence-corrected chi connectivity index (χ1v) is 21.3. The molecule has 1 aliphatic rings. The zero-order valence-electron chi connectivity index (χ0n) is 36.6. The molecule has 0 saturated carbocycles. The molecule has 0 spiro atoms. The lowest BCUT2D eigenvalue weighted by Gasteiger charge is -2.45. The number of nitrogens with zero attached hydrogens (tertiary/aromatic N) is 7. The number of piperidine rings is 1. The average molecular weight is 973 g/mol. The standard InChI is InChI=1S/C46H55ClN10O5.3ClH/c1-55(28-35-17-21-50-22-18-35)40(58)31-61-38-13-9-33(10-14-38)6-3-25-57(27-5-8-37(30-57)52-46(60)42-44(48)54-45(49)43(47)53-42)26-4-7-34-11-15-39(16-12-34)62-32-41(59)56(2)29-36-19-23-51-24-20-36;;;/h9-24,37H,3-8,25-32H2,1-2H3,(H4-,48,49,52,54,60);3*1H/t37-;;;/m0.../s1. The summed E-state index contributed by atoms with van der Waals surface area (Å²) in [4.78, 5) is 58.2. The predicted molar refractivity (Wildman–Crippen MR) is 253 cm³/mol. The minimum absolute atomic E-state index is 0. The Morgan fingerprint density at radius 3 is 1.63 bits per heavy atom. The number of carbonyl (C=O) groups excluding carboxylic acids is 3. The number of likely N-dealkylation sites (tertiary alicyclic amines) is 1. The lowest BCUT2D eigenvalue weighted by atomic mass is 9.99. The van der Waals surface area contributed by atoms with Crippen LogP contribution in [0.2, 0.25) is 5.15 Å². The molecule has 350 valence electrons. The molecule has 3 aromatic heterocycles. The number of carbonyl (C=O) groups is 3. The summed E-state index contributed by atoms with van der Waals surface area (Å²) in [6.45, 7) is 4.48. The predicted octanol–water partition coefficient (Wildman–Crippen LogP) is 2.98. The summed E-state index contributed by atoms with van der Waals surface area (Å²) in [5.74, 6) is 0.557. The van der Waals surface area contributed by atoms with E-state index in [1.54, 1.807) is 48.7 Å². The number of anilines is 2. The maximum atomic E-state index is 13.4. The Morgan fingerprint density at radius 2 is 1.17 bits per heavy atom. The first-order chi connectivity index (χ1) is 29.9. The average Bonchev–Trinajstić information content (AvgIpc) is 3.27. The van der Waals surface area contributed by atoms with Crippen LogP contribution in [0.15, 0.2) is 97.6 Å². The van der Waals surface area contributed by atoms with Crippen LogP contribution in [0.4, 0.5) is 11.6 Å². The van der Waals surface area contributed by atoms with Gasteiger partial charge in [0, 0.05) is 64.8 Å². The van der Waals surface area contributed by atoms with Crippen molar-refractivity contribution in [2.75, 3.05) is 65.0 Å². The van der Waals surface area contributed by atoms with Gasteiger partial charge < -0.3 is 52.9 Å². The van der Waals surface area contributed by atoms with Crippen molar-refractivity contribution in [3.05, 3.63) is 131 Å². The van der Waals surface area contributed by atoms with E-state index in [9.17, 15) is 14.4 Å². The van der Waals surface area contributed by atoms with E-state index < -0.39 is 5.91 Å². The van der Waals surface area contributed by atoms with Gasteiger partial charge >= 0.3 is 0 Å². The Balaban J connectivity index is 0.00000374. The SMILES string of the molecule is CN(Cc1ccncc1)C(=O)COc1ccc(CCC[N+]2(CCCc3ccc(OCC(=O)N(C)Cc4ccncc4)cc3)CCC[C@H](NC(=O)c3nc(Cl)c(N)nc3N)C2)cc1.Cl.Cl.[Cl-]. The monoisotopic (exact) mass is 970 g/mol. The van der Waals surface area contributed by atoms with Crippen molar-refractivity contribution >= 4 is 65.8 Å². The van der Waals surface area contributed by atoms with Crippen molar-refractivity contribution in [2.45, 2.75) is 57.7 Å². The smallest absolute Gasteiger partial charge is 0.274 e. The highest BCUT2D eigenvalue weighted by atomic mass is 35.5. The highest BCUT2D eigenvalue weighted by Gasteiger charge is 2.36. The van der Waals surface area contributed by atoms with Crippen molar-refractivity contribution < 1.29 is 40.7 Å². The number of amides is 3. The van der Waals surface area contributed by atoms with Gasteiger partial charge in [-0.1, -0.05) is 35.9 Å². The number of benzene rings is 2. The minimum atomic E-state index is -0.421. The third-order valence-corrected chi connectivity index (χ3v) is 11.5. The number of nitrogens with two attached hydrogens (primary N) is 2. The number of pyridine rings is 2. The number of aromatic nitrogens is 4. The van der Waals surface area contributed by atoms with E-state index in [0.29, 0.717) is 24.6 Å². The Bertz CT molecular complexity index is 2140. The summed E-state index contributed by atoms with van der Waals surface area (Å²) in [6.07, 6.45) is 12.2. The van der Waals surface area contributed by atoms with Crippen molar-refractivity contribution in [3.63, 3.8) is 0 Å². The maximum Gasteiger partial charge on any atom is 0.274 e. The Kier molecular flexibility index (Phi) is 22.0.